The number of hydrogen-bond acceptors (Lipinski definition) is 5. The monoisotopic (exact) mass is 452 g/mol. The first-order valence-corrected chi connectivity index (χ1v) is 10.7. The Morgan fingerprint density at radius 3 is 2.34 bits per heavy atom. The van der Waals surface area contributed by atoms with Crippen LogP contribution in [0.3, 0.4) is 0 Å². The van der Waals surface area contributed by atoms with E-state index in [0.717, 1.165) is 22.4 Å². The Kier molecular flexibility index (Phi) is 6.82. The molecule has 3 aromatic carbocycles. The van der Waals surface area contributed by atoms with Crippen LogP contribution in [0.1, 0.15) is 28.4 Å². The van der Waals surface area contributed by atoms with Crippen LogP contribution in [0.2, 0.25) is 5.02 Å². The molecule has 6 heteroatoms. The average molecular weight is 453 g/mol. The van der Waals surface area contributed by atoms with Gasteiger partial charge >= 0.3 is 0 Å². The Bertz CT molecular complexity index is 1080. The first-order valence-electron chi connectivity index (χ1n) is 10.3. The molecular formula is C26H25ClO5. The molecule has 32 heavy (non-hydrogen) atoms. The fourth-order valence-electron chi connectivity index (χ4n) is 3.79. The van der Waals surface area contributed by atoms with Gasteiger partial charge in [0, 0.05) is 5.02 Å². The minimum Gasteiger partial charge on any atom is -0.497 e. The zero-order valence-electron chi connectivity index (χ0n) is 17.6. The fourth-order valence-corrected chi connectivity index (χ4v) is 3.97. The van der Waals surface area contributed by atoms with Crippen molar-refractivity contribution in [2.45, 2.75) is 30.8 Å². The number of rotatable bonds is 5. The smallest absolute Gasteiger partial charge is 0.152 e. The van der Waals surface area contributed by atoms with Gasteiger partial charge in [-0.2, -0.15) is 0 Å². The van der Waals surface area contributed by atoms with Gasteiger partial charge in [0.2, 0.25) is 0 Å². The highest BCUT2D eigenvalue weighted by atomic mass is 35.5. The maximum atomic E-state index is 10.6. The molecule has 3 N–H and O–H groups in total. The second-order valence-corrected chi connectivity index (χ2v) is 8.20. The largest absolute Gasteiger partial charge is 0.497 e. The number of aliphatic hydroxyl groups excluding tert-OH is 3. The van der Waals surface area contributed by atoms with E-state index in [-0.39, 0.29) is 5.76 Å². The van der Waals surface area contributed by atoms with Gasteiger partial charge in [-0.3, -0.25) is 0 Å². The van der Waals surface area contributed by atoms with E-state index in [2.05, 4.69) is 0 Å². The Labute approximate surface area is 192 Å². The number of aliphatic hydroxyl groups is 3. The molecule has 0 aliphatic carbocycles. The third kappa shape index (κ3) is 4.81. The molecule has 3 aromatic rings. The highest BCUT2D eigenvalue weighted by Gasteiger charge is 2.42. The van der Waals surface area contributed by atoms with Gasteiger partial charge in [-0.1, -0.05) is 66.2 Å². The molecule has 1 aliphatic heterocycles. The lowest BCUT2D eigenvalue weighted by molar-refractivity contribution is -0.156. The van der Waals surface area contributed by atoms with Crippen molar-refractivity contribution in [3.8, 4) is 5.75 Å². The van der Waals surface area contributed by atoms with E-state index in [1.165, 1.54) is 0 Å². The lowest BCUT2D eigenvalue weighted by atomic mass is 9.91. The Balaban J connectivity index is 1.62. The minimum atomic E-state index is -1.38. The fraction of sp³-hybridized carbons (Fsp3) is 0.231. The summed E-state index contributed by atoms with van der Waals surface area (Å²) in [6.45, 7) is 0. The molecule has 0 saturated carbocycles. The molecular weight excluding hydrogens is 428 g/mol. The summed E-state index contributed by atoms with van der Waals surface area (Å²) in [5, 5.41) is 32.1. The molecule has 0 bridgehead atoms. The maximum Gasteiger partial charge on any atom is 0.152 e. The van der Waals surface area contributed by atoms with Crippen molar-refractivity contribution in [3.63, 3.8) is 0 Å². The van der Waals surface area contributed by atoms with E-state index in [0.29, 0.717) is 17.0 Å². The van der Waals surface area contributed by atoms with Crippen molar-refractivity contribution >= 4 is 17.7 Å². The van der Waals surface area contributed by atoms with Gasteiger partial charge in [-0.25, -0.2) is 0 Å². The van der Waals surface area contributed by atoms with Gasteiger partial charge in [0.15, 0.2) is 6.10 Å². The SMILES string of the molecule is COc1ccc(Cc2cc([C@@H]3O/C(=C\c4ccccc4)[C@@H](O)[C@H](O)[C@H]3O)ccc2Cl)cc1. The van der Waals surface area contributed by atoms with E-state index in [9.17, 15) is 15.3 Å². The summed E-state index contributed by atoms with van der Waals surface area (Å²) in [6.07, 6.45) is -2.61. The topological polar surface area (TPSA) is 79.2 Å². The third-order valence-corrected chi connectivity index (χ3v) is 5.97. The summed E-state index contributed by atoms with van der Waals surface area (Å²) in [7, 11) is 1.62. The summed E-state index contributed by atoms with van der Waals surface area (Å²) in [5.74, 6) is 0.975. The lowest BCUT2D eigenvalue weighted by Crippen LogP contribution is -2.47. The minimum absolute atomic E-state index is 0.200. The first-order chi connectivity index (χ1) is 15.5. The van der Waals surface area contributed by atoms with Crippen LogP contribution in [0, 0.1) is 0 Å². The molecule has 0 radical (unpaired) electrons. The lowest BCUT2D eigenvalue weighted by Gasteiger charge is -2.38. The highest BCUT2D eigenvalue weighted by molar-refractivity contribution is 6.31. The van der Waals surface area contributed by atoms with Crippen molar-refractivity contribution in [1.29, 1.82) is 0 Å². The van der Waals surface area contributed by atoms with Crippen LogP contribution in [0.4, 0.5) is 0 Å². The molecule has 0 amide bonds. The molecule has 4 rings (SSSR count). The Morgan fingerprint density at radius 1 is 0.938 bits per heavy atom. The van der Waals surface area contributed by atoms with E-state index in [1.54, 1.807) is 25.3 Å². The summed E-state index contributed by atoms with van der Waals surface area (Å²) in [6, 6.07) is 22.5. The van der Waals surface area contributed by atoms with Gasteiger partial charge < -0.3 is 24.8 Å². The first kappa shape index (κ1) is 22.4. The van der Waals surface area contributed by atoms with E-state index in [4.69, 9.17) is 21.1 Å². The van der Waals surface area contributed by atoms with Crippen LogP contribution in [-0.2, 0) is 11.2 Å². The zero-order valence-corrected chi connectivity index (χ0v) is 18.3. The van der Waals surface area contributed by atoms with Crippen molar-refractivity contribution in [2.75, 3.05) is 7.11 Å². The van der Waals surface area contributed by atoms with E-state index < -0.39 is 24.4 Å². The van der Waals surface area contributed by atoms with Gasteiger partial charge in [-0.15, -0.1) is 0 Å². The van der Waals surface area contributed by atoms with Crippen molar-refractivity contribution in [2.24, 2.45) is 0 Å². The second-order valence-electron chi connectivity index (χ2n) is 7.80. The van der Waals surface area contributed by atoms with Gasteiger partial charge in [0.05, 0.1) is 7.11 Å². The molecule has 4 atom stereocenters. The molecule has 1 saturated heterocycles. The number of benzene rings is 3. The van der Waals surface area contributed by atoms with Crippen LogP contribution < -0.4 is 4.74 Å². The van der Waals surface area contributed by atoms with E-state index >= 15 is 0 Å². The van der Waals surface area contributed by atoms with Crippen LogP contribution in [-0.4, -0.2) is 40.7 Å². The predicted molar refractivity (Wildman–Crippen MR) is 124 cm³/mol. The number of ether oxygens (including phenoxy) is 2. The van der Waals surface area contributed by atoms with Crippen LogP contribution in [0.25, 0.3) is 6.08 Å². The Morgan fingerprint density at radius 2 is 1.66 bits per heavy atom. The normalized spacial score (nSPS) is 24.2. The predicted octanol–water partition coefficient (Wildman–Crippen LogP) is 4.13. The molecule has 1 heterocycles. The average Bonchev–Trinajstić information content (AvgIpc) is 2.82. The molecule has 0 spiro atoms. The third-order valence-electron chi connectivity index (χ3n) is 5.60. The summed E-state index contributed by atoms with van der Waals surface area (Å²) < 4.78 is 11.2. The standard InChI is InChI=1S/C26H25ClO5/c1-31-20-10-7-17(8-11-20)13-19-15-18(9-12-21(19)27)26-25(30)24(29)23(28)22(32-26)14-16-5-3-2-4-6-16/h2-12,14-15,23-26,28-30H,13H2,1H3/b22-14-/t23-,24+,25-,26+/m1/s1. The summed E-state index contributed by atoms with van der Waals surface area (Å²) in [5.41, 5.74) is 3.39. The number of halogens is 1. The molecule has 1 aliphatic rings. The van der Waals surface area contributed by atoms with Gasteiger partial charge in [0.25, 0.3) is 0 Å². The van der Waals surface area contributed by atoms with E-state index in [1.807, 2.05) is 60.7 Å². The van der Waals surface area contributed by atoms with Crippen molar-refractivity contribution < 1.29 is 24.8 Å². The zero-order chi connectivity index (χ0) is 22.7. The molecule has 0 aromatic heterocycles. The summed E-state index contributed by atoms with van der Waals surface area (Å²) >= 11 is 6.44. The van der Waals surface area contributed by atoms with Crippen LogP contribution >= 0.6 is 11.6 Å². The molecule has 166 valence electrons. The number of hydrogen-bond donors (Lipinski definition) is 3. The summed E-state index contributed by atoms with van der Waals surface area (Å²) in [4.78, 5) is 0. The molecule has 1 fully saturated rings. The second kappa shape index (κ2) is 9.76. The van der Waals surface area contributed by atoms with Crippen molar-refractivity contribution in [3.05, 3.63) is 106 Å². The quantitative estimate of drug-likeness (QED) is 0.542. The number of methoxy groups -OCH3 is 1. The van der Waals surface area contributed by atoms with Gasteiger partial charge in [-0.05, 0) is 52.9 Å². The molecule has 0 unspecified atom stereocenters. The molecule has 5 nitrogen and oxygen atoms in total. The Hall–Kier alpha value is -2.83. The van der Waals surface area contributed by atoms with Crippen LogP contribution in [0.15, 0.2) is 78.6 Å². The highest BCUT2D eigenvalue weighted by Crippen LogP contribution is 2.36. The van der Waals surface area contributed by atoms with Gasteiger partial charge in [0.1, 0.15) is 29.8 Å². The van der Waals surface area contributed by atoms with Crippen LogP contribution in [0.5, 0.6) is 5.75 Å². The van der Waals surface area contributed by atoms with Crippen molar-refractivity contribution in [1.82, 2.24) is 0 Å². The maximum absolute atomic E-state index is 10.6.